The molecule has 0 bridgehead atoms. The predicted molar refractivity (Wildman–Crippen MR) is 100 cm³/mol. The minimum atomic E-state index is -0.204. The van der Waals surface area contributed by atoms with Crippen LogP contribution in [-0.4, -0.2) is 17.1 Å². The summed E-state index contributed by atoms with van der Waals surface area (Å²) in [5.74, 6) is -0.204. The Kier molecular flexibility index (Phi) is 5.43. The first-order valence-corrected chi connectivity index (χ1v) is 8.65. The van der Waals surface area contributed by atoms with Gasteiger partial charge < -0.3 is 5.32 Å². The molecule has 2 aromatic carbocycles. The van der Waals surface area contributed by atoms with Crippen molar-refractivity contribution in [2.24, 2.45) is 0 Å². The Morgan fingerprint density at radius 2 is 1.50 bits per heavy atom. The highest BCUT2D eigenvalue weighted by atomic mass is 32.1. The van der Waals surface area contributed by atoms with Crippen molar-refractivity contribution >= 4 is 23.2 Å². The van der Waals surface area contributed by atoms with Gasteiger partial charge in [0, 0.05) is 11.6 Å². The molecular weight excluding hydrogens is 318 g/mol. The average molecular weight is 339 g/mol. The van der Waals surface area contributed by atoms with E-state index in [1.54, 1.807) is 0 Å². The van der Waals surface area contributed by atoms with Crippen molar-refractivity contribution in [3.05, 3.63) is 60.2 Å². The molecule has 4 nitrogen and oxygen atoms in total. The van der Waals surface area contributed by atoms with Crippen LogP contribution < -0.4 is 16.2 Å². The summed E-state index contributed by atoms with van der Waals surface area (Å²) < 4.78 is 0. The molecule has 124 valence electrons. The molecule has 0 saturated heterocycles. The molecule has 0 aliphatic heterocycles. The Balaban J connectivity index is 1.52. The van der Waals surface area contributed by atoms with E-state index in [2.05, 4.69) is 16.2 Å². The second-order valence-electron chi connectivity index (χ2n) is 5.98. The van der Waals surface area contributed by atoms with Crippen LogP contribution in [0.2, 0.25) is 0 Å². The molecule has 3 N–H and O–H groups in total. The summed E-state index contributed by atoms with van der Waals surface area (Å²) in [6, 6.07) is 18.0. The van der Waals surface area contributed by atoms with E-state index in [0.717, 1.165) is 24.0 Å². The molecule has 0 atom stereocenters. The van der Waals surface area contributed by atoms with Crippen LogP contribution in [0.15, 0.2) is 54.6 Å². The molecular formula is C19H21N3OS. The van der Waals surface area contributed by atoms with E-state index in [1.165, 1.54) is 12.8 Å². The Hall–Kier alpha value is -2.40. The highest BCUT2D eigenvalue weighted by Crippen LogP contribution is 2.19. The van der Waals surface area contributed by atoms with Gasteiger partial charge in [0.05, 0.1) is 0 Å². The van der Waals surface area contributed by atoms with E-state index in [0.29, 0.717) is 16.7 Å². The number of hydrogen-bond donors (Lipinski definition) is 3. The van der Waals surface area contributed by atoms with Crippen LogP contribution in [-0.2, 0) is 0 Å². The quantitative estimate of drug-likeness (QED) is 0.592. The number of hydrazine groups is 1. The largest absolute Gasteiger partial charge is 0.359 e. The summed E-state index contributed by atoms with van der Waals surface area (Å²) in [6.07, 6.45) is 4.74. The van der Waals surface area contributed by atoms with Gasteiger partial charge in [-0.05, 0) is 48.3 Å². The summed E-state index contributed by atoms with van der Waals surface area (Å²) in [7, 11) is 0. The molecule has 0 spiro atoms. The van der Waals surface area contributed by atoms with Crippen LogP contribution in [0.4, 0.5) is 0 Å². The molecule has 0 aromatic heterocycles. The van der Waals surface area contributed by atoms with E-state index < -0.39 is 0 Å². The Labute approximate surface area is 147 Å². The molecule has 2 aromatic rings. The first-order valence-electron chi connectivity index (χ1n) is 8.25. The lowest BCUT2D eigenvalue weighted by Gasteiger charge is -2.16. The van der Waals surface area contributed by atoms with E-state index in [-0.39, 0.29) is 5.91 Å². The Morgan fingerprint density at radius 3 is 2.17 bits per heavy atom. The average Bonchev–Trinajstić information content (AvgIpc) is 3.13. The van der Waals surface area contributed by atoms with Crippen LogP contribution in [0.3, 0.4) is 0 Å². The third kappa shape index (κ3) is 4.32. The maximum absolute atomic E-state index is 12.2. The minimum Gasteiger partial charge on any atom is -0.359 e. The maximum atomic E-state index is 12.2. The predicted octanol–water partition coefficient (Wildman–Crippen LogP) is 3.41. The number of carbonyl (C=O) groups excluding carboxylic acids is 1. The van der Waals surface area contributed by atoms with Crippen LogP contribution >= 0.6 is 12.2 Å². The number of benzene rings is 2. The van der Waals surface area contributed by atoms with Crippen LogP contribution in [0.5, 0.6) is 0 Å². The van der Waals surface area contributed by atoms with E-state index in [1.807, 2.05) is 54.6 Å². The van der Waals surface area contributed by atoms with Crippen molar-refractivity contribution in [2.75, 3.05) is 0 Å². The van der Waals surface area contributed by atoms with Gasteiger partial charge in [-0.15, -0.1) is 0 Å². The van der Waals surface area contributed by atoms with Gasteiger partial charge in [-0.1, -0.05) is 55.3 Å². The fourth-order valence-corrected chi connectivity index (χ4v) is 3.14. The highest BCUT2D eigenvalue weighted by Gasteiger charge is 2.15. The smallest absolute Gasteiger partial charge is 0.269 e. The Bertz CT molecular complexity index is 694. The molecule has 0 heterocycles. The molecule has 5 heteroatoms. The second-order valence-corrected chi connectivity index (χ2v) is 6.39. The van der Waals surface area contributed by atoms with Gasteiger partial charge in [0.25, 0.3) is 5.91 Å². The third-order valence-electron chi connectivity index (χ3n) is 4.23. The number of carbonyl (C=O) groups is 1. The molecule has 3 rings (SSSR count). The first kappa shape index (κ1) is 16.5. The summed E-state index contributed by atoms with van der Waals surface area (Å²) in [6.45, 7) is 0. The molecule has 1 fully saturated rings. The van der Waals surface area contributed by atoms with Crippen molar-refractivity contribution in [1.82, 2.24) is 16.2 Å². The number of hydrogen-bond acceptors (Lipinski definition) is 2. The summed E-state index contributed by atoms with van der Waals surface area (Å²) in [5, 5.41) is 3.69. The maximum Gasteiger partial charge on any atom is 0.269 e. The zero-order chi connectivity index (χ0) is 16.8. The fourth-order valence-electron chi connectivity index (χ4n) is 2.92. The number of nitrogens with one attached hydrogen (secondary N) is 3. The number of amides is 1. The van der Waals surface area contributed by atoms with Crippen molar-refractivity contribution in [2.45, 2.75) is 31.7 Å². The van der Waals surface area contributed by atoms with Gasteiger partial charge in [-0.3, -0.25) is 15.6 Å². The zero-order valence-corrected chi connectivity index (χ0v) is 14.2. The van der Waals surface area contributed by atoms with Crippen molar-refractivity contribution in [3.8, 4) is 11.1 Å². The van der Waals surface area contributed by atoms with E-state index in [4.69, 9.17) is 12.2 Å². The summed E-state index contributed by atoms with van der Waals surface area (Å²) >= 11 is 5.21. The zero-order valence-electron chi connectivity index (χ0n) is 13.4. The lowest BCUT2D eigenvalue weighted by Crippen LogP contribution is -2.49. The summed E-state index contributed by atoms with van der Waals surface area (Å²) in [5.41, 5.74) is 8.21. The summed E-state index contributed by atoms with van der Waals surface area (Å²) in [4.78, 5) is 12.2. The lowest BCUT2D eigenvalue weighted by atomic mass is 10.0. The van der Waals surface area contributed by atoms with Crippen molar-refractivity contribution < 1.29 is 4.79 Å². The topological polar surface area (TPSA) is 53.2 Å². The first-order chi connectivity index (χ1) is 11.7. The van der Waals surface area contributed by atoms with Crippen molar-refractivity contribution in [1.29, 1.82) is 0 Å². The van der Waals surface area contributed by atoms with Gasteiger partial charge in [0.1, 0.15) is 0 Å². The van der Waals surface area contributed by atoms with Crippen LogP contribution in [0.1, 0.15) is 36.0 Å². The fraction of sp³-hybridized carbons (Fsp3) is 0.263. The molecule has 1 amide bonds. The second kappa shape index (κ2) is 7.93. The third-order valence-corrected chi connectivity index (χ3v) is 4.45. The molecule has 1 aliphatic carbocycles. The lowest BCUT2D eigenvalue weighted by molar-refractivity contribution is 0.0943. The van der Waals surface area contributed by atoms with Gasteiger partial charge in [-0.25, -0.2) is 0 Å². The van der Waals surface area contributed by atoms with Gasteiger partial charge >= 0.3 is 0 Å². The van der Waals surface area contributed by atoms with Gasteiger partial charge in [0.2, 0.25) is 0 Å². The number of rotatable bonds is 3. The molecule has 0 radical (unpaired) electrons. The van der Waals surface area contributed by atoms with Crippen LogP contribution in [0, 0.1) is 0 Å². The van der Waals surface area contributed by atoms with Gasteiger partial charge in [-0.2, -0.15) is 0 Å². The molecule has 1 saturated carbocycles. The van der Waals surface area contributed by atoms with Crippen LogP contribution in [0.25, 0.3) is 11.1 Å². The van der Waals surface area contributed by atoms with E-state index >= 15 is 0 Å². The van der Waals surface area contributed by atoms with Crippen molar-refractivity contribution in [3.63, 3.8) is 0 Å². The van der Waals surface area contributed by atoms with Gasteiger partial charge in [0.15, 0.2) is 5.11 Å². The molecule has 1 aliphatic rings. The number of thiocarbonyl (C=S) groups is 1. The van der Waals surface area contributed by atoms with E-state index in [9.17, 15) is 4.79 Å². The standard InChI is InChI=1S/C19H21N3OS/c23-18(21-22-19(24)20-17-8-4-5-9-17)16-12-10-15(11-13-16)14-6-2-1-3-7-14/h1-3,6-7,10-13,17H,4-5,8-9H2,(H,21,23)(H2,20,22,24). The molecule has 0 unspecified atom stereocenters. The molecule has 24 heavy (non-hydrogen) atoms. The minimum absolute atomic E-state index is 0.204. The highest BCUT2D eigenvalue weighted by molar-refractivity contribution is 7.80. The monoisotopic (exact) mass is 339 g/mol. The normalized spacial score (nSPS) is 14.2. The Morgan fingerprint density at radius 1 is 0.875 bits per heavy atom. The SMILES string of the molecule is O=C(NNC(=S)NC1CCCC1)c1ccc(-c2ccccc2)cc1.